The third kappa shape index (κ3) is 2.89. The molecule has 0 fully saturated rings. The molecule has 18 heavy (non-hydrogen) atoms. The summed E-state index contributed by atoms with van der Waals surface area (Å²) in [6.07, 6.45) is -2.09. The standard InChI is InChI=1S/C10H11F3N4O/c11-10(12,13)1-2-14-8-5-7(6-18)16-17-4-3-15-9(8)17/h3-5,14,18H,1-2,6H2. The lowest BCUT2D eigenvalue weighted by Gasteiger charge is -2.10. The van der Waals surface area contributed by atoms with E-state index in [4.69, 9.17) is 5.11 Å². The lowest BCUT2D eigenvalue weighted by Crippen LogP contribution is -2.15. The number of aromatic nitrogens is 3. The molecule has 0 saturated carbocycles. The Morgan fingerprint density at radius 3 is 2.83 bits per heavy atom. The van der Waals surface area contributed by atoms with Gasteiger partial charge in [-0.1, -0.05) is 0 Å². The van der Waals surface area contributed by atoms with Crippen molar-refractivity contribution in [3.05, 3.63) is 24.2 Å². The van der Waals surface area contributed by atoms with Gasteiger partial charge in [-0.2, -0.15) is 18.3 Å². The normalized spacial score (nSPS) is 12.0. The van der Waals surface area contributed by atoms with Crippen molar-refractivity contribution in [3.8, 4) is 0 Å². The Labute approximate surface area is 100 Å². The van der Waals surface area contributed by atoms with Crippen LogP contribution in [0.25, 0.3) is 5.65 Å². The summed E-state index contributed by atoms with van der Waals surface area (Å²) >= 11 is 0. The first-order valence-electron chi connectivity index (χ1n) is 5.24. The van der Waals surface area contributed by atoms with Crippen LogP contribution in [-0.2, 0) is 6.61 Å². The Balaban J connectivity index is 2.18. The number of aliphatic hydroxyl groups is 1. The third-order valence-corrected chi connectivity index (χ3v) is 2.30. The molecular formula is C10H11F3N4O. The number of alkyl halides is 3. The number of fused-ring (bicyclic) bond motifs is 1. The number of hydrogen-bond donors (Lipinski definition) is 2. The van der Waals surface area contributed by atoms with Crippen LogP contribution in [0.15, 0.2) is 18.5 Å². The van der Waals surface area contributed by atoms with E-state index in [9.17, 15) is 13.2 Å². The average Bonchev–Trinajstić information content (AvgIpc) is 2.75. The molecule has 0 amide bonds. The maximum absolute atomic E-state index is 12.0. The van der Waals surface area contributed by atoms with E-state index in [1.165, 1.54) is 16.8 Å². The molecule has 0 aliphatic carbocycles. The van der Waals surface area contributed by atoms with E-state index >= 15 is 0 Å². The average molecular weight is 260 g/mol. The summed E-state index contributed by atoms with van der Waals surface area (Å²) in [6.45, 7) is -0.539. The fourth-order valence-corrected chi connectivity index (χ4v) is 1.52. The molecule has 0 unspecified atom stereocenters. The Hall–Kier alpha value is -1.83. The number of hydrogen-bond acceptors (Lipinski definition) is 4. The maximum atomic E-state index is 12.0. The van der Waals surface area contributed by atoms with Crippen molar-refractivity contribution in [2.24, 2.45) is 0 Å². The molecule has 0 atom stereocenters. The molecule has 2 N–H and O–H groups in total. The highest BCUT2D eigenvalue weighted by molar-refractivity contribution is 5.67. The number of rotatable bonds is 4. The summed E-state index contributed by atoms with van der Waals surface area (Å²) in [5, 5.41) is 15.7. The quantitative estimate of drug-likeness (QED) is 0.876. The first-order valence-corrected chi connectivity index (χ1v) is 5.24. The van der Waals surface area contributed by atoms with Gasteiger partial charge in [0.25, 0.3) is 0 Å². The van der Waals surface area contributed by atoms with E-state index in [2.05, 4.69) is 15.4 Å². The number of anilines is 1. The highest BCUT2D eigenvalue weighted by Gasteiger charge is 2.26. The van der Waals surface area contributed by atoms with Crippen molar-refractivity contribution in [1.29, 1.82) is 0 Å². The van der Waals surface area contributed by atoms with Gasteiger partial charge in [0.15, 0.2) is 5.65 Å². The molecule has 0 aliphatic heterocycles. The number of halogens is 3. The fraction of sp³-hybridized carbons (Fsp3) is 0.400. The zero-order valence-electron chi connectivity index (χ0n) is 9.28. The van der Waals surface area contributed by atoms with Crippen molar-refractivity contribution in [1.82, 2.24) is 14.6 Å². The maximum Gasteiger partial charge on any atom is 0.390 e. The molecule has 2 aromatic rings. The zero-order valence-corrected chi connectivity index (χ0v) is 9.28. The molecule has 0 spiro atoms. The zero-order chi connectivity index (χ0) is 13.2. The number of nitrogens with one attached hydrogen (secondary N) is 1. The Kier molecular flexibility index (Phi) is 3.37. The summed E-state index contributed by atoms with van der Waals surface area (Å²) in [5.74, 6) is 0. The van der Waals surface area contributed by atoms with Crippen molar-refractivity contribution in [2.75, 3.05) is 11.9 Å². The van der Waals surface area contributed by atoms with Crippen LogP contribution in [0.5, 0.6) is 0 Å². The summed E-state index contributed by atoms with van der Waals surface area (Å²) < 4.78 is 37.5. The van der Waals surface area contributed by atoms with Crippen molar-refractivity contribution in [2.45, 2.75) is 19.2 Å². The van der Waals surface area contributed by atoms with Crippen LogP contribution in [0.3, 0.4) is 0 Å². The monoisotopic (exact) mass is 260 g/mol. The molecule has 5 nitrogen and oxygen atoms in total. The summed E-state index contributed by atoms with van der Waals surface area (Å²) in [5.41, 5.74) is 1.20. The molecule has 0 saturated heterocycles. The van der Waals surface area contributed by atoms with Crippen LogP contribution in [0.2, 0.25) is 0 Å². The predicted molar refractivity (Wildman–Crippen MR) is 58.1 cm³/mol. The molecule has 2 aromatic heterocycles. The fourth-order valence-electron chi connectivity index (χ4n) is 1.52. The number of imidazole rings is 1. The third-order valence-electron chi connectivity index (χ3n) is 2.30. The van der Waals surface area contributed by atoms with E-state index in [-0.39, 0.29) is 13.2 Å². The molecule has 2 rings (SSSR count). The van der Waals surface area contributed by atoms with E-state index < -0.39 is 12.6 Å². The topological polar surface area (TPSA) is 62.5 Å². The van der Waals surface area contributed by atoms with E-state index in [0.29, 0.717) is 17.0 Å². The first-order chi connectivity index (χ1) is 8.49. The van der Waals surface area contributed by atoms with E-state index in [1.54, 1.807) is 6.20 Å². The van der Waals surface area contributed by atoms with Crippen LogP contribution >= 0.6 is 0 Å². The molecule has 8 heteroatoms. The highest BCUT2D eigenvalue weighted by Crippen LogP contribution is 2.21. The highest BCUT2D eigenvalue weighted by atomic mass is 19.4. The van der Waals surface area contributed by atoms with Gasteiger partial charge in [0, 0.05) is 18.9 Å². The largest absolute Gasteiger partial charge is 0.390 e. The van der Waals surface area contributed by atoms with Gasteiger partial charge in [-0.25, -0.2) is 9.50 Å². The van der Waals surface area contributed by atoms with Gasteiger partial charge in [0.05, 0.1) is 24.4 Å². The van der Waals surface area contributed by atoms with Crippen molar-refractivity contribution >= 4 is 11.3 Å². The summed E-state index contributed by atoms with van der Waals surface area (Å²) in [4.78, 5) is 3.98. The molecule has 0 aliphatic rings. The Morgan fingerprint density at radius 1 is 1.39 bits per heavy atom. The van der Waals surface area contributed by atoms with Gasteiger partial charge in [-0.3, -0.25) is 0 Å². The van der Waals surface area contributed by atoms with Crippen molar-refractivity contribution in [3.63, 3.8) is 0 Å². The molecule has 0 radical (unpaired) electrons. The second-order valence-electron chi connectivity index (χ2n) is 3.69. The molecule has 98 valence electrons. The van der Waals surface area contributed by atoms with Gasteiger partial charge in [0.1, 0.15) is 0 Å². The minimum atomic E-state index is -4.20. The minimum Gasteiger partial charge on any atom is -0.390 e. The smallest absolute Gasteiger partial charge is 0.390 e. The number of aliphatic hydroxyl groups excluding tert-OH is 1. The van der Waals surface area contributed by atoms with Gasteiger partial charge in [-0.15, -0.1) is 0 Å². The van der Waals surface area contributed by atoms with Crippen molar-refractivity contribution < 1.29 is 18.3 Å². The lowest BCUT2D eigenvalue weighted by molar-refractivity contribution is -0.131. The van der Waals surface area contributed by atoms with Crippen LogP contribution in [0.4, 0.5) is 18.9 Å². The van der Waals surface area contributed by atoms with Gasteiger partial charge < -0.3 is 10.4 Å². The molecule has 0 aromatic carbocycles. The Morgan fingerprint density at radius 2 is 2.17 bits per heavy atom. The van der Waals surface area contributed by atoms with Crippen LogP contribution in [0, 0.1) is 0 Å². The van der Waals surface area contributed by atoms with Gasteiger partial charge in [-0.05, 0) is 6.07 Å². The van der Waals surface area contributed by atoms with Crippen LogP contribution in [0.1, 0.15) is 12.1 Å². The SMILES string of the molecule is OCc1cc(NCCC(F)(F)F)c2nccn2n1. The summed E-state index contributed by atoms with van der Waals surface area (Å²) in [7, 11) is 0. The lowest BCUT2D eigenvalue weighted by atomic mass is 10.3. The summed E-state index contributed by atoms with van der Waals surface area (Å²) in [6, 6.07) is 1.48. The minimum absolute atomic E-state index is 0.249. The first kappa shape index (κ1) is 12.6. The van der Waals surface area contributed by atoms with Gasteiger partial charge in [0.2, 0.25) is 0 Å². The van der Waals surface area contributed by atoms with Crippen LogP contribution < -0.4 is 5.32 Å². The van der Waals surface area contributed by atoms with Crippen LogP contribution in [-0.4, -0.2) is 32.4 Å². The van der Waals surface area contributed by atoms with Gasteiger partial charge >= 0.3 is 6.18 Å². The molecule has 2 heterocycles. The number of nitrogens with zero attached hydrogens (tertiary/aromatic N) is 3. The predicted octanol–water partition coefficient (Wildman–Crippen LogP) is 1.59. The Bertz CT molecular complexity index is 537. The molecular weight excluding hydrogens is 249 g/mol. The molecule has 0 bridgehead atoms. The second-order valence-corrected chi connectivity index (χ2v) is 3.69. The van der Waals surface area contributed by atoms with E-state index in [1.807, 2.05) is 0 Å². The van der Waals surface area contributed by atoms with E-state index in [0.717, 1.165) is 0 Å². The second kappa shape index (κ2) is 4.81.